The molecular weight excluding hydrogens is 423 g/mol. The average Bonchev–Trinajstić information content (AvgIpc) is 3.01. The van der Waals surface area contributed by atoms with Crippen LogP contribution in [0.25, 0.3) is 11.0 Å². The lowest BCUT2D eigenvalue weighted by atomic mass is 9.98. The van der Waals surface area contributed by atoms with E-state index in [1.807, 2.05) is 19.1 Å². The Hall–Kier alpha value is -3.15. The number of fused-ring (bicyclic) bond motifs is 2. The fourth-order valence-corrected chi connectivity index (χ4v) is 4.20. The Morgan fingerprint density at radius 1 is 1.00 bits per heavy atom. The van der Waals surface area contributed by atoms with Gasteiger partial charge in [0.15, 0.2) is 5.43 Å². The first-order valence-corrected chi connectivity index (χ1v) is 9.97. The molecule has 7 heteroatoms. The number of pyridine rings is 1. The molecule has 0 saturated carbocycles. The zero-order valence-corrected chi connectivity index (χ0v) is 17.2. The van der Waals surface area contributed by atoms with E-state index in [0.29, 0.717) is 32.4 Å². The molecule has 0 aliphatic carbocycles. The number of rotatable bonds is 2. The average molecular weight is 437 g/mol. The van der Waals surface area contributed by atoms with Crippen LogP contribution in [-0.2, 0) is 0 Å². The maximum Gasteiger partial charge on any atom is 0.296 e. The Kier molecular flexibility index (Phi) is 4.38. The molecule has 1 atom stereocenters. The maximum absolute atomic E-state index is 13.5. The number of halogens is 2. The fraction of sp³-hybridized carbons (Fsp3) is 0.0870. The van der Waals surface area contributed by atoms with E-state index < -0.39 is 11.9 Å². The van der Waals surface area contributed by atoms with Crippen molar-refractivity contribution in [3.63, 3.8) is 0 Å². The monoisotopic (exact) mass is 436 g/mol. The molecule has 1 amide bonds. The second-order valence-corrected chi connectivity index (χ2v) is 8.01. The molecule has 0 fully saturated rings. The number of amides is 1. The smallest absolute Gasteiger partial charge is 0.296 e. The Bertz CT molecular complexity index is 1400. The first-order valence-electron chi connectivity index (χ1n) is 9.22. The molecule has 2 aromatic carbocycles. The number of carbonyl (C=O) groups is 1. The fourth-order valence-electron chi connectivity index (χ4n) is 3.83. The van der Waals surface area contributed by atoms with E-state index in [-0.39, 0.29) is 16.8 Å². The molecule has 0 spiro atoms. The summed E-state index contributed by atoms with van der Waals surface area (Å²) < 4.78 is 5.91. The molecule has 0 unspecified atom stereocenters. The van der Waals surface area contributed by atoms with Crippen molar-refractivity contribution >= 4 is 45.9 Å². The van der Waals surface area contributed by atoms with Crippen molar-refractivity contribution in [1.82, 2.24) is 4.98 Å². The molecule has 0 bridgehead atoms. The first kappa shape index (κ1) is 18.9. The van der Waals surface area contributed by atoms with Crippen LogP contribution in [0.15, 0.2) is 70.0 Å². The van der Waals surface area contributed by atoms with Crippen molar-refractivity contribution in [2.24, 2.45) is 0 Å². The van der Waals surface area contributed by atoms with Gasteiger partial charge >= 0.3 is 0 Å². The summed E-state index contributed by atoms with van der Waals surface area (Å²) in [5, 5.41) is 1.23. The summed E-state index contributed by atoms with van der Waals surface area (Å²) >= 11 is 12.3. The Morgan fingerprint density at radius 3 is 2.57 bits per heavy atom. The molecular formula is C23H14Cl2N2O3. The van der Waals surface area contributed by atoms with Gasteiger partial charge in [-0.25, -0.2) is 4.98 Å². The predicted octanol–water partition coefficient (Wildman–Crippen LogP) is 5.55. The summed E-state index contributed by atoms with van der Waals surface area (Å²) in [6.45, 7) is 1.91. The molecule has 2 aromatic heterocycles. The van der Waals surface area contributed by atoms with Gasteiger partial charge in [0.25, 0.3) is 5.91 Å². The van der Waals surface area contributed by atoms with Gasteiger partial charge in [0.2, 0.25) is 5.76 Å². The van der Waals surface area contributed by atoms with Crippen LogP contribution in [0.2, 0.25) is 10.0 Å². The van der Waals surface area contributed by atoms with E-state index in [4.69, 9.17) is 27.6 Å². The quantitative estimate of drug-likeness (QED) is 0.412. The van der Waals surface area contributed by atoms with Crippen LogP contribution in [0.1, 0.15) is 33.3 Å². The minimum atomic E-state index is -0.722. The molecule has 0 N–H and O–H groups in total. The van der Waals surface area contributed by atoms with Gasteiger partial charge in [-0.05, 0) is 60.5 Å². The van der Waals surface area contributed by atoms with Crippen molar-refractivity contribution in [2.75, 3.05) is 4.90 Å². The van der Waals surface area contributed by atoms with Crippen molar-refractivity contribution < 1.29 is 9.21 Å². The van der Waals surface area contributed by atoms with Gasteiger partial charge in [-0.2, -0.15) is 0 Å². The molecule has 30 heavy (non-hydrogen) atoms. The van der Waals surface area contributed by atoms with Crippen molar-refractivity contribution in [2.45, 2.75) is 13.0 Å². The van der Waals surface area contributed by atoms with Crippen LogP contribution >= 0.6 is 23.2 Å². The molecule has 4 aromatic rings. The summed E-state index contributed by atoms with van der Waals surface area (Å²) in [7, 11) is 0. The summed E-state index contributed by atoms with van der Waals surface area (Å²) in [6.07, 6.45) is 1.63. The summed E-state index contributed by atoms with van der Waals surface area (Å²) in [4.78, 5) is 32.8. The number of nitrogens with zero attached hydrogens (tertiary/aromatic N) is 2. The van der Waals surface area contributed by atoms with Gasteiger partial charge in [0.1, 0.15) is 11.4 Å². The van der Waals surface area contributed by atoms with E-state index >= 15 is 0 Å². The van der Waals surface area contributed by atoms with E-state index in [0.717, 1.165) is 5.56 Å². The zero-order valence-electron chi connectivity index (χ0n) is 15.7. The molecule has 5 rings (SSSR count). The Labute approximate surface area is 181 Å². The van der Waals surface area contributed by atoms with E-state index in [1.165, 1.54) is 4.90 Å². The van der Waals surface area contributed by atoms with Crippen LogP contribution in [-0.4, -0.2) is 10.9 Å². The lowest BCUT2D eigenvalue weighted by Gasteiger charge is -2.24. The minimum absolute atomic E-state index is 0.00287. The second kappa shape index (κ2) is 6.97. The lowest BCUT2D eigenvalue weighted by Crippen LogP contribution is -2.30. The molecule has 148 valence electrons. The number of benzene rings is 2. The largest absolute Gasteiger partial charge is 0.450 e. The Morgan fingerprint density at radius 2 is 1.80 bits per heavy atom. The standard InChI is InChI=1S/C23H14Cl2N2O3/c1-12-7-8-26-18(9-12)27-20(13-3-2-4-14(24)10-13)19-21(28)16-11-15(25)5-6-17(16)30-22(19)23(27)29/h2-11,20H,1H3/t20-/m0/s1. The van der Waals surface area contributed by atoms with Crippen molar-refractivity contribution in [1.29, 1.82) is 0 Å². The number of aryl methyl sites for hydroxylation is 1. The zero-order chi connectivity index (χ0) is 21.0. The van der Waals surface area contributed by atoms with Crippen molar-refractivity contribution in [3.05, 3.63) is 104 Å². The number of anilines is 1. The van der Waals surface area contributed by atoms with E-state index in [1.54, 1.807) is 48.7 Å². The second-order valence-electron chi connectivity index (χ2n) is 7.14. The van der Waals surface area contributed by atoms with Crippen LogP contribution in [0, 0.1) is 6.92 Å². The van der Waals surface area contributed by atoms with Crippen LogP contribution < -0.4 is 10.3 Å². The highest BCUT2D eigenvalue weighted by atomic mass is 35.5. The molecule has 3 heterocycles. The highest BCUT2D eigenvalue weighted by molar-refractivity contribution is 6.31. The van der Waals surface area contributed by atoms with Gasteiger partial charge in [0.05, 0.1) is 17.0 Å². The number of aromatic nitrogens is 1. The first-order chi connectivity index (χ1) is 14.4. The van der Waals surface area contributed by atoms with E-state index in [9.17, 15) is 9.59 Å². The summed E-state index contributed by atoms with van der Waals surface area (Å²) in [6, 6.07) is 14.7. The van der Waals surface area contributed by atoms with Gasteiger partial charge in [-0.1, -0.05) is 35.3 Å². The topological polar surface area (TPSA) is 63.4 Å². The van der Waals surface area contributed by atoms with Gasteiger partial charge in [-0.3, -0.25) is 14.5 Å². The number of carbonyl (C=O) groups excluding carboxylic acids is 1. The van der Waals surface area contributed by atoms with Crippen molar-refractivity contribution in [3.8, 4) is 0 Å². The third-order valence-corrected chi connectivity index (χ3v) is 5.61. The lowest BCUT2D eigenvalue weighted by molar-refractivity contribution is 0.0970. The Balaban J connectivity index is 1.84. The molecule has 5 nitrogen and oxygen atoms in total. The van der Waals surface area contributed by atoms with Crippen LogP contribution in [0.3, 0.4) is 0 Å². The number of hydrogen-bond acceptors (Lipinski definition) is 4. The van der Waals surface area contributed by atoms with Gasteiger partial charge in [-0.15, -0.1) is 0 Å². The third-order valence-electron chi connectivity index (χ3n) is 5.14. The SMILES string of the molecule is Cc1ccnc(N2C(=O)c3oc4ccc(Cl)cc4c(=O)c3[C@@H]2c2cccc(Cl)c2)c1. The van der Waals surface area contributed by atoms with Gasteiger partial charge in [0, 0.05) is 16.2 Å². The molecule has 0 radical (unpaired) electrons. The predicted molar refractivity (Wildman–Crippen MR) is 117 cm³/mol. The van der Waals surface area contributed by atoms with Crippen LogP contribution in [0.4, 0.5) is 5.82 Å². The normalized spacial score (nSPS) is 15.6. The number of hydrogen-bond donors (Lipinski definition) is 0. The summed E-state index contributed by atoms with van der Waals surface area (Å²) in [5.41, 5.74) is 1.87. The van der Waals surface area contributed by atoms with Gasteiger partial charge < -0.3 is 4.42 Å². The molecule has 1 aliphatic rings. The highest BCUT2D eigenvalue weighted by Crippen LogP contribution is 2.41. The molecule has 1 aliphatic heterocycles. The maximum atomic E-state index is 13.5. The third kappa shape index (κ3) is 2.90. The van der Waals surface area contributed by atoms with Crippen LogP contribution in [0.5, 0.6) is 0 Å². The summed E-state index contributed by atoms with van der Waals surface area (Å²) in [5.74, 6) is 0.00277. The highest BCUT2D eigenvalue weighted by Gasteiger charge is 2.44. The van der Waals surface area contributed by atoms with E-state index in [2.05, 4.69) is 4.98 Å². The minimum Gasteiger partial charge on any atom is -0.450 e. The molecule has 0 saturated heterocycles.